The molecule has 1 aliphatic heterocycles. The molecule has 7 heteroatoms. The van der Waals surface area contributed by atoms with Crippen LogP contribution in [0.2, 0.25) is 0 Å². The SMILES string of the molecule is Cn1nnnc1N1CCC(C(=O)O)CC1. The standard InChI is InChI=1S/C8H13N5O2/c1-12-8(9-10-11-12)13-4-2-6(3-5-13)7(14)15/h6H,2-5H2,1H3,(H,14,15). The van der Waals surface area contributed by atoms with Crippen LogP contribution < -0.4 is 4.90 Å². The fraction of sp³-hybridized carbons (Fsp3) is 0.750. The van der Waals surface area contributed by atoms with E-state index in [4.69, 9.17) is 5.11 Å². The van der Waals surface area contributed by atoms with Crippen LogP contribution in [0.5, 0.6) is 0 Å². The highest BCUT2D eigenvalue weighted by atomic mass is 16.4. The van der Waals surface area contributed by atoms with E-state index in [0.29, 0.717) is 31.9 Å². The van der Waals surface area contributed by atoms with E-state index in [1.165, 1.54) is 0 Å². The summed E-state index contributed by atoms with van der Waals surface area (Å²) in [5, 5.41) is 20.0. The van der Waals surface area contributed by atoms with Crippen LogP contribution in [0.25, 0.3) is 0 Å². The van der Waals surface area contributed by atoms with Gasteiger partial charge in [-0.25, -0.2) is 4.68 Å². The maximum Gasteiger partial charge on any atom is 0.306 e. The van der Waals surface area contributed by atoms with Gasteiger partial charge < -0.3 is 10.0 Å². The van der Waals surface area contributed by atoms with Gasteiger partial charge in [-0.1, -0.05) is 5.10 Å². The molecule has 1 aromatic heterocycles. The summed E-state index contributed by atoms with van der Waals surface area (Å²) in [6.45, 7) is 1.40. The van der Waals surface area contributed by atoms with Gasteiger partial charge in [0.1, 0.15) is 0 Å². The molecule has 0 atom stereocenters. The minimum absolute atomic E-state index is 0.220. The van der Waals surface area contributed by atoms with Crippen molar-refractivity contribution in [3.63, 3.8) is 0 Å². The van der Waals surface area contributed by atoms with E-state index in [9.17, 15) is 4.79 Å². The predicted molar refractivity (Wildman–Crippen MR) is 51.4 cm³/mol. The van der Waals surface area contributed by atoms with Gasteiger partial charge in [-0.3, -0.25) is 4.79 Å². The molecule has 2 rings (SSSR count). The van der Waals surface area contributed by atoms with Crippen molar-refractivity contribution in [2.75, 3.05) is 18.0 Å². The first-order valence-electron chi connectivity index (χ1n) is 4.88. The fourth-order valence-corrected chi connectivity index (χ4v) is 1.82. The topological polar surface area (TPSA) is 84.1 Å². The number of hydrogen-bond acceptors (Lipinski definition) is 5. The van der Waals surface area contributed by atoms with Crippen LogP contribution in [0.4, 0.5) is 5.95 Å². The molecule has 0 saturated carbocycles. The number of hydrogen-bond donors (Lipinski definition) is 1. The number of rotatable bonds is 2. The highest BCUT2D eigenvalue weighted by molar-refractivity contribution is 5.70. The largest absolute Gasteiger partial charge is 0.481 e. The molecule has 0 unspecified atom stereocenters. The number of carbonyl (C=O) groups is 1. The third-order valence-corrected chi connectivity index (χ3v) is 2.72. The van der Waals surface area contributed by atoms with E-state index in [0.717, 1.165) is 0 Å². The van der Waals surface area contributed by atoms with E-state index in [-0.39, 0.29) is 5.92 Å². The Kier molecular flexibility index (Phi) is 2.53. The zero-order valence-corrected chi connectivity index (χ0v) is 8.50. The van der Waals surface area contributed by atoms with Crippen molar-refractivity contribution < 1.29 is 9.90 Å². The first-order valence-corrected chi connectivity index (χ1v) is 4.88. The Morgan fingerprint density at radius 1 is 1.47 bits per heavy atom. The molecule has 0 radical (unpaired) electrons. The Hall–Kier alpha value is -1.66. The number of tetrazole rings is 1. The number of anilines is 1. The number of aliphatic carboxylic acids is 1. The van der Waals surface area contributed by atoms with Gasteiger partial charge in [0, 0.05) is 20.1 Å². The van der Waals surface area contributed by atoms with Crippen LogP contribution in [0, 0.1) is 5.92 Å². The van der Waals surface area contributed by atoms with Crippen LogP contribution in [0.15, 0.2) is 0 Å². The molecule has 0 aromatic carbocycles. The number of nitrogens with zero attached hydrogens (tertiary/aromatic N) is 5. The molecule has 2 heterocycles. The average molecular weight is 211 g/mol. The van der Waals surface area contributed by atoms with Gasteiger partial charge >= 0.3 is 5.97 Å². The lowest BCUT2D eigenvalue weighted by Gasteiger charge is -2.29. The Bertz CT molecular complexity index is 356. The van der Waals surface area contributed by atoms with E-state index in [2.05, 4.69) is 15.5 Å². The molecule has 82 valence electrons. The highest BCUT2D eigenvalue weighted by Gasteiger charge is 2.26. The van der Waals surface area contributed by atoms with E-state index >= 15 is 0 Å². The first-order chi connectivity index (χ1) is 7.18. The second-order valence-electron chi connectivity index (χ2n) is 3.70. The van der Waals surface area contributed by atoms with Crippen molar-refractivity contribution in [3.05, 3.63) is 0 Å². The summed E-state index contributed by atoms with van der Waals surface area (Å²) < 4.78 is 1.60. The zero-order valence-electron chi connectivity index (χ0n) is 8.50. The lowest BCUT2D eigenvalue weighted by Crippen LogP contribution is -2.37. The van der Waals surface area contributed by atoms with E-state index in [1.54, 1.807) is 11.7 Å². The smallest absolute Gasteiger partial charge is 0.306 e. The third-order valence-electron chi connectivity index (χ3n) is 2.72. The molecule has 0 spiro atoms. The number of carboxylic acid groups (broad SMARTS) is 1. The van der Waals surface area contributed by atoms with Gasteiger partial charge in [0.2, 0.25) is 5.95 Å². The van der Waals surface area contributed by atoms with Crippen LogP contribution in [-0.4, -0.2) is 44.4 Å². The second kappa shape index (κ2) is 3.84. The third kappa shape index (κ3) is 1.90. The van der Waals surface area contributed by atoms with Gasteiger partial charge in [-0.05, 0) is 23.3 Å². The van der Waals surface area contributed by atoms with Crippen molar-refractivity contribution in [1.29, 1.82) is 0 Å². The maximum atomic E-state index is 10.8. The summed E-state index contributed by atoms with van der Waals surface area (Å²) in [6, 6.07) is 0. The molecule has 7 nitrogen and oxygen atoms in total. The van der Waals surface area contributed by atoms with Crippen molar-refractivity contribution in [1.82, 2.24) is 20.2 Å². The lowest BCUT2D eigenvalue weighted by molar-refractivity contribution is -0.142. The first kappa shape index (κ1) is 9.88. The van der Waals surface area contributed by atoms with Gasteiger partial charge in [0.05, 0.1) is 5.92 Å². The molecule has 1 N–H and O–H groups in total. The summed E-state index contributed by atoms with van der Waals surface area (Å²) in [5.74, 6) is -0.216. The fourth-order valence-electron chi connectivity index (χ4n) is 1.82. The monoisotopic (exact) mass is 211 g/mol. The molecule has 15 heavy (non-hydrogen) atoms. The summed E-state index contributed by atoms with van der Waals surface area (Å²) in [7, 11) is 1.78. The van der Waals surface area contributed by atoms with E-state index in [1.807, 2.05) is 4.90 Å². The molecule has 1 aliphatic rings. The Labute approximate surface area is 86.7 Å². The van der Waals surface area contributed by atoms with Gasteiger partial charge in [0.25, 0.3) is 0 Å². The molecule has 1 fully saturated rings. The summed E-state index contributed by atoms with van der Waals surface area (Å²) >= 11 is 0. The molecular formula is C8H13N5O2. The van der Waals surface area contributed by atoms with Gasteiger partial charge in [-0.2, -0.15) is 0 Å². The van der Waals surface area contributed by atoms with Crippen LogP contribution in [0.1, 0.15) is 12.8 Å². The molecule has 1 saturated heterocycles. The molecule has 1 aromatic rings. The van der Waals surface area contributed by atoms with Crippen molar-refractivity contribution in [3.8, 4) is 0 Å². The summed E-state index contributed by atoms with van der Waals surface area (Å²) in [5.41, 5.74) is 0. The summed E-state index contributed by atoms with van der Waals surface area (Å²) in [4.78, 5) is 12.8. The Balaban J connectivity index is 2.00. The number of piperidine rings is 1. The average Bonchev–Trinajstić information content (AvgIpc) is 2.65. The quantitative estimate of drug-likeness (QED) is 0.710. The minimum atomic E-state index is -0.703. The zero-order chi connectivity index (χ0) is 10.8. The second-order valence-corrected chi connectivity index (χ2v) is 3.70. The van der Waals surface area contributed by atoms with Gasteiger partial charge in [0.15, 0.2) is 0 Å². The molecular weight excluding hydrogens is 198 g/mol. The van der Waals surface area contributed by atoms with Crippen molar-refractivity contribution in [2.45, 2.75) is 12.8 Å². The molecule has 0 bridgehead atoms. The van der Waals surface area contributed by atoms with Crippen LogP contribution in [0.3, 0.4) is 0 Å². The van der Waals surface area contributed by atoms with Crippen molar-refractivity contribution in [2.24, 2.45) is 13.0 Å². The van der Waals surface area contributed by atoms with Crippen LogP contribution >= 0.6 is 0 Å². The van der Waals surface area contributed by atoms with Gasteiger partial charge in [-0.15, -0.1) is 0 Å². The van der Waals surface area contributed by atoms with E-state index < -0.39 is 5.97 Å². The van der Waals surface area contributed by atoms with Crippen molar-refractivity contribution >= 4 is 11.9 Å². The lowest BCUT2D eigenvalue weighted by atomic mass is 9.97. The predicted octanol–water partition coefficient (Wildman–Crippen LogP) is -0.489. The van der Waals surface area contributed by atoms with Crippen LogP contribution in [-0.2, 0) is 11.8 Å². The molecule has 0 aliphatic carbocycles. The molecule has 0 amide bonds. The number of carboxylic acids is 1. The Morgan fingerprint density at radius 2 is 2.13 bits per heavy atom. The number of aromatic nitrogens is 4. The number of aryl methyl sites for hydroxylation is 1. The highest BCUT2D eigenvalue weighted by Crippen LogP contribution is 2.20. The maximum absolute atomic E-state index is 10.8. The summed E-state index contributed by atoms with van der Waals surface area (Å²) in [6.07, 6.45) is 1.31. The minimum Gasteiger partial charge on any atom is -0.481 e. The Morgan fingerprint density at radius 3 is 2.60 bits per heavy atom. The normalized spacial score (nSPS) is 18.1.